The predicted molar refractivity (Wildman–Crippen MR) is 45.7 cm³/mol. The fraction of sp³-hybridized carbons (Fsp3) is 0.857. The van der Waals surface area contributed by atoms with Crippen LogP contribution in [0.15, 0.2) is 0 Å². The molecule has 3 nitrogen and oxygen atoms in total. The second-order valence-electron chi connectivity index (χ2n) is 3.20. The molecule has 0 aliphatic heterocycles. The Hall–Kier alpha value is -0.300. The summed E-state index contributed by atoms with van der Waals surface area (Å²) in [5.74, 6) is -1.27. The first-order valence-corrected chi connectivity index (χ1v) is 6.42. The van der Waals surface area contributed by atoms with Gasteiger partial charge < -0.3 is 9.67 Å². The van der Waals surface area contributed by atoms with Crippen LogP contribution in [0.5, 0.6) is 0 Å². The second kappa shape index (κ2) is 3.91. The number of hydrogen-bond donors (Lipinski definition) is 1. The molecule has 0 saturated carbocycles. The van der Waals surface area contributed by atoms with Crippen molar-refractivity contribution in [2.75, 3.05) is 19.5 Å². The Labute approximate surface area is 67.2 Å². The fourth-order valence-corrected chi connectivity index (χ4v) is 2.39. The van der Waals surface area contributed by atoms with Crippen LogP contribution in [0, 0.1) is 5.92 Å². The maximum atomic E-state index is 11.2. The van der Waals surface area contributed by atoms with Crippen LogP contribution >= 0.6 is 7.14 Å². The summed E-state index contributed by atoms with van der Waals surface area (Å²) >= 11 is 0. The molecular formula is C7H15O3P. The van der Waals surface area contributed by atoms with E-state index in [1.165, 1.54) is 0 Å². The highest BCUT2D eigenvalue weighted by Gasteiger charge is 2.21. The molecule has 0 saturated heterocycles. The van der Waals surface area contributed by atoms with Gasteiger partial charge in [0.1, 0.15) is 0 Å². The van der Waals surface area contributed by atoms with Gasteiger partial charge in [-0.1, -0.05) is 6.92 Å². The van der Waals surface area contributed by atoms with Gasteiger partial charge in [-0.05, 0) is 19.8 Å². The van der Waals surface area contributed by atoms with Gasteiger partial charge in [-0.15, -0.1) is 0 Å². The van der Waals surface area contributed by atoms with Gasteiger partial charge in [0.05, 0.1) is 13.1 Å². The number of carbonyl (C=O) groups is 1. The first kappa shape index (κ1) is 10.7. The van der Waals surface area contributed by atoms with Gasteiger partial charge in [-0.2, -0.15) is 0 Å². The van der Waals surface area contributed by atoms with Crippen molar-refractivity contribution in [2.24, 2.45) is 5.92 Å². The minimum Gasteiger partial charge on any atom is -0.481 e. The lowest BCUT2D eigenvalue weighted by Crippen LogP contribution is -2.16. The lowest BCUT2D eigenvalue weighted by molar-refractivity contribution is -0.141. The van der Waals surface area contributed by atoms with Crippen LogP contribution in [0.1, 0.15) is 13.3 Å². The third kappa shape index (κ3) is 5.02. The van der Waals surface area contributed by atoms with Crippen molar-refractivity contribution in [1.82, 2.24) is 0 Å². The van der Waals surface area contributed by atoms with Crippen molar-refractivity contribution < 1.29 is 14.5 Å². The summed E-state index contributed by atoms with van der Waals surface area (Å²) in [7, 11) is -2.17. The summed E-state index contributed by atoms with van der Waals surface area (Å²) in [4.78, 5) is 10.5. The van der Waals surface area contributed by atoms with Crippen molar-refractivity contribution >= 4 is 13.1 Å². The van der Waals surface area contributed by atoms with Gasteiger partial charge in [0.25, 0.3) is 0 Å². The summed E-state index contributed by atoms with van der Waals surface area (Å²) in [6.07, 6.45) is 0.875. The summed E-state index contributed by atoms with van der Waals surface area (Å²) in [5, 5.41) is 8.62. The lowest BCUT2D eigenvalue weighted by atomic mass is 10.1. The van der Waals surface area contributed by atoms with Crippen LogP contribution in [0.25, 0.3) is 0 Å². The maximum absolute atomic E-state index is 11.2. The first-order valence-electron chi connectivity index (χ1n) is 3.63. The van der Waals surface area contributed by atoms with Crippen molar-refractivity contribution in [3.63, 3.8) is 0 Å². The zero-order valence-electron chi connectivity index (χ0n) is 7.20. The van der Waals surface area contributed by atoms with Crippen LogP contribution in [-0.4, -0.2) is 30.6 Å². The Morgan fingerprint density at radius 2 is 2.00 bits per heavy atom. The molecule has 0 rings (SSSR count). The normalized spacial score (nSPS) is 14.5. The molecule has 0 aromatic carbocycles. The van der Waals surface area contributed by atoms with E-state index in [-0.39, 0.29) is 0 Å². The van der Waals surface area contributed by atoms with Crippen molar-refractivity contribution in [2.45, 2.75) is 13.3 Å². The number of carboxylic acids is 1. The number of aliphatic carboxylic acids is 1. The Morgan fingerprint density at radius 1 is 1.55 bits per heavy atom. The Balaban J connectivity index is 4.10. The summed E-state index contributed by atoms with van der Waals surface area (Å²) in [6.45, 7) is 5.05. The molecule has 0 spiro atoms. The quantitative estimate of drug-likeness (QED) is 0.667. The molecule has 0 aromatic heterocycles. The molecule has 66 valence electrons. The summed E-state index contributed by atoms with van der Waals surface area (Å²) in [6, 6.07) is 0. The summed E-state index contributed by atoms with van der Waals surface area (Å²) < 4.78 is 11.2. The third-order valence-corrected chi connectivity index (χ3v) is 2.82. The topological polar surface area (TPSA) is 54.4 Å². The standard InChI is InChI=1S/C7H15O3P/c1-4-6(7(8)9)5-11(2,3)10/h6H,4-5H2,1-3H3,(H,8,9). The molecule has 1 N–H and O–H groups in total. The van der Waals surface area contributed by atoms with E-state index < -0.39 is 19.0 Å². The minimum atomic E-state index is -2.17. The van der Waals surface area contributed by atoms with E-state index in [2.05, 4.69) is 0 Å². The number of rotatable bonds is 4. The van der Waals surface area contributed by atoms with Gasteiger partial charge in [0, 0.05) is 6.16 Å². The third-order valence-electron chi connectivity index (χ3n) is 1.50. The summed E-state index contributed by atoms with van der Waals surface area (Å²) in [5.41, 5.74) is 0. The Bertz CT molecular complexity index is 182. The zero-order valence-corrected chi connectivity index (χ0v) is 8.10. The molecule has 0 aliphatic rings. The van der Waals surface area contributed by atoms with E-state index in [9.17, 15) is 9.36 Å². The van der Waals surface area contributed by atoms with Crippen molar-refractivity contribution in [1.29, 1.82) is 0 Å². The first-order chi connectivity index (χ1) is 4.87. The molecule has 0 fully saturated rings. The van der Waals surface area contributed by atoms with Crippen molar-refractivity contribution in [3.05, 3.63) is 0 Å². The van der Waals surface area contributed by atoms with Gasteiger partial charge >= 0.3 is 5.97 Å². The van der Waals surface area contributed by atoms with E-state index in [4.69, 9.17) is 5.11 Å². The van der Waals surface area contributed by atoms with Crippen molar-refractivity contribution in [3.8, 4) is 0 Å². The molecule has 0 amide bonds. The van der Waals surface area contributed by atoms with Gasteiger partial charge in [0.15, 0.2) is 0 Å². The number of carboxylic acid groups (broad SMARTS) is 1. The molecule has 0 bridgehead atoms. The SMILES string of the molecule is CCC(CP(C)(C)=O)C(=O)O. The average Bonchev–Trinajstić information content (AvgIpc) is 1.80. The highest BCUT2D eigenvalue weighted by molar-refractivity contribution is 7.62. The highest BCUT2D eigenvalue weighted by Crippen LogP contribution is 2.38. The van der Waals surface area contributed by atoms with Crippen LogP contribution in [0.2, 0.25) is 0 Å². The maximum Gasteiger partial charge on any atom is 0.306 e. The molecule has 1 atom stereocenters. The van der Waals surface area contributed by atoms with Crippen LogP contribution in [-0.2, 0) is 9.36 Å². The smallest absolute Gasteiger partial charge is 0.306 e. The minimum absolute atomic E-state index is 0.318. The number of hydrogen-bond acceptors (Lipinski definition) is 2. The van der Waals surface area contributed by atoms with Crippen LogP contribution in [0.4, 0.5) is 0 Å². The van der Waals surface area contributed by atoms with Crippen LogP contribution < -0.4 is 0 Å². The largest absolute Gasteiger partial charge is 0.481 e. The van der Waals surface area contributed by atoms with E-state index in [1.807, 2.05) is 0 Å². The molecule has 4 heteroatoms. The molecule has 11 heavy (non-hydrogen) atoms. The molecular weight excluding hydrogens is 163 g/mol. The second-order valence-corrected chi connectivity index (χ2v) is 6.71. The van der Waals surface area contributed by atoms with E-state index in [0.29, 0.717) is 12.6 Å². The van der Waals surface area contributed by atoms with E-state index in [0.717, 1.165) is 0 Å². The van der Waals surface area contributed by atoms with Crippen LogP contribution in [0.3, 0.4) is 0 Å². The molecule has 0 radical (unpaired) electrons. The zero-order chi connectivity index (χ0) is 9.07. The Kier molecular flexibility index (Phi) is 3.81. The molecule has 1 unspecified atom stereocenters. The molecule has 0 aliphatic carbocycles. The van der Waals surface area contributed by atoms with E-state index >= 15 is 0 Å². The van der Waals surface area contributed by atoms with E-state index in [1.54, 1.807) is 20.3 Å². The molecule has 0 aromatic rings. The van der Waals surface area contributed by atoms with Gasteiger partial charge in [0.2, 0.25) is 0 Å². The molecule has 0 heterocycles. The average molecular weight is 178 g/mol. The van der Waals surface area contributed by atoms with Gasteiger partial charge in [-0.3, -0.25) is 4.79 Å². The Morgan fingerprint density at radius 3 is 2.09 bits per heavy atom. The highest BCUT2D eigenvalue weighted by atomic mass is 31.2. The predicted octanol–water partition coefficient (Wildman–Crippen LogP) is 1.72. The monoisotopic (exact) mass is 178 g/mol. The fourth-order valence-electron chi connectivity index (χ4n) is 0.913. The lowest BCUT2D eigenvalue weighted by Gasteiger charge is -2.12. The van der Waals surface area contributed by atoms with Gasteiger partial charge in [-0.25, -0.2) is 0 Å².